The van der Waals surface area contributed by atoms with Gasteiger partial charge in [0.25, 0.3) is 0 Å². The van der Waals surface area contributed by atoms with Crippen molar-refractivity contribution in [1.29, 1.82) is 0 Å². The minimum Gasteiger partial charge on any atom is -0.477 e. The smallest absolute Gasteiger partial charge is 0.354 e. The number of carboxylic acid groups (broad SMARTS) is 1. The number of halogens is 3. The molecule has 0 aliphatic rings. The van der Waals surface area contributed by atoms with Crippen LogP contribution in [0.5, 0.6) is 0 Å². The molecule has 2 rings (SSSR count). The number of benzene rings is 1. The molecule has 1 heterocycles. The Morgan fingerprint density at radius 1 is 1.11 bits per heavy atom. The number of nitrogens with zero attached hydrogens (tertiary/aromatic N) is 1. The van der Waals surface area contributed by atoms with Crippen molar-refractivity contribution in [3.63, 3.8) is 0 Å². The van der Waals surface area contributed by atoms with Crippen molar-refractivity contribution in [2.45, 2.75) is 0 Å². The van der Waals surface area contributed by atoms with E-state index < -0.39 is 5.97 Å². The zero-order valence-corrected chi connectivity index (χ0v) is 11.1. The van der Waals surface area contributed by atoms with E-state index in [0.717, 1.165) is 0 Å². The first-order chi connectivity index (χ1) is 8.49. The first kappa shape index (κ1) is 13.1. The molecule has 0 saturated carbocycles. The fourth-order valence-corrected chi connectivity index (χ4v) is 2.49. The van der Waals surface area contributed by atoms with Gasteiger partial charge in [-0.3, -0.25) is 0 Å². The van der Waals surface area contributed by atoms with Crippen LogP contribution in [0.4, 0.5) is 0 Å². The molecule has 18 heavy (non-hydrogen) atoms. The van der Waals surface area contributed by atoms with Crippen LogP contribution < -0.4 is 0 Å². The van der Waals surface area contributed by atoms with Gasteiger partial charge in [0.05, 0.1) is 15.7 Å². The van der Waals surface area contributed by atoms with E-state index in [1.165, 1.54) is 18.2 Å². The van der Waals surface area contributed by atoms with Gasteiger partial charge in [0.2, 0.25) is 0 Å². The molecule has 3 nitrogen and oxygen atoms in total. The molecule has 2 aromatic rings. The third-order valence-corrected chi connectivity index (χ3v) is 3.05. The van der Waals surface area contributed by atoms with Crippen LogP contribution >= 0.6 is 34.8 Å². The van der Waals surface area contributed by atoms with Crippen LogP contribution in [0, 0.1) is 0 Å². The largest absolute Gasteiger partial charge is 0.477 e. The third kappa shape index (κ3) is 2.58. The van der Waals surface area contributed by atoms with Crippen molar-refractivity contribution < 1.29 is 9.90 Å². The molecular formula is C12H6Cl3NO2. The Morgan fingerprint density at radius 3 is 2.28 bits per heavy atom. The van der Waals surface area contributed by atoms with Crippen LogP contribution in [-0.4, -0.2) is 16.1 Å². The second kappa shape index (κ2) is 5.14. The van der Waals surface area contributed by atoms with Crippen LogP contribution in [0.2, 0.25) is 15.1 Å². The van der Waals surface area contributed by atoms with Crippen LogP contribution in [0.3, 0.4) is 0 Å². The molecule has 0 unspecified atom stereocenters. The Labute approximate surface area is 118 Å². The summed E-state index contributed by atoms with van der Waals surface area (Å²) < 4.78 is 0. The topological polar surface area (TPSA) is 50.2 Å². The maximum Gasteiger partial charge on any atom is 0.354 e. The molecule has 1 N–H and O–H groups in total. The van der Waals surface area contributed by atoms with Crippen LogP contribution in [-0.2, 0) is 0 Å². The van der Waals surface area contributed by atoms with Crippen LogP contribution in [0.1, 0.15) is 10.5 Å². The summed E-state index contributed by atoms with van der Waals surface area (Å²) in [5.74, 6) is -1.11. The van der Waals surface area contributed by atoms with E-state index in [2.05, 4.69) is 4.98 Å². The minimum atomic E-state index is -1.11. The molecule has 0 atom stereocenters. The molecular weight excluding hydrogens is 296 g/mol. The van der Waals surface area contributed by atoms with Crippen molar-refractivity contribution in [3.8, 4) is 11.3 Å². The SMILES string of the molecule is O=C(O)c1cccc(-c2c(Cl)cc(Cl)cc2Cl)n1. The first-order valence-corrected chi connectivity index (χ1v) is 5.97. The van der Waals surface area contributed by atoms with E-state index in [0.29, 0.717) is 26.3 Å². The highest BCUT2D eigenvalue weighted by Crippen LogP contribution is 2.36. The molecule has 0 aliphatic heterocycles. The predicted molar refractivity (Wildman–Crippen MR) is 71.7 cm³/mol. The van der Waals surface area contributed by atoms with E-state index in [4.69, 9.17) is 39.9 Å². The highest BCUT2D eigenvalue weighted by atomic mass is 35.5. The summed E-state index contributed by atoms with van der Waals surface area (Å²) in [5.41, 5.74) is 0.780. The first-order valence-electron chi connectivity index (χ1n) is 4.84. The Morgan fingerprint density at radius 2 is 1.72 bits per heavy atom. The quantitative estimate of drug-likeness (QED) is 0.894. The van der Waals surface area contributed by atoms with Crippen molar-refractivity contribution in [1.82, 2.24) is 4.98 Å². The second-order valence-electron chi connectivity index (χ2n) is 3.46. The molecule has 6 heteroatoms. The molecule has 1 aromatic heterocycles. The van der Waals surface area contributed by atoms with Gasteiger partial charge >= 0.3 is 5.97 Å². The lowest BCUT2D eigenvalue weighted by molar-refractivity contribution is 0.0690. The van der Waals surface area contributed by atoms with Crippen molar-refractivity contribution in [2.24, 2.45) is 0 Å². The number of hydrogen-bond donors (Lipinski definition) is 1. The monoisotopic (exact) mass is 301 g/mol. The molecule has 0 radical (unpaired) electrons. The van der Waals surface area contributed by atoms with Crippen molar-refractivity contribution in [3.05, 3.63) is 51.1 Å². The lowest BCUT2D eigenvalue weighted by Crippen LogP contribution is -2.00. The standard InChI is InChI=1S/C12H6Cl3NO2/c13-6-4-7(14)11(8(15)5-6)9-2-1-3-10(16-9)12(17)18/h1-5H,(H,17,18). The summed E-state index contributed by atoms with van der Waals surface area (Å²) >= 11 is 17.9. The zero-order chi connectivity index (χ0) is 13.3. The van der Waals surface area contributed by atoms with Crippen molar-refractivity contribution >= 4 is 40.8 Å². The third-order valence-electron chi connectivity index (χ3n) is 2.23. The van der Waals surface area contributed by atoms with Crippen molar-refractivity contribution in [2.75, 3.05) is 0 Å². The zero-order valence-electron chi connectivity index (χ0n) is 8.82. The summed E-state index contributed by atoms with van der Waals surface area (Å²) in [6.45, 7) is 0. The highest BCUT2D eigenvalue weighted by Gasteiger charge is 2.13. The van der Waals surface area contributed by atoms with Gasteiger partial charge in [0.15, 0.2) is 0 Å². The number of aromatic carboxylic acids is 1. The Balaban J connectivity index is 2.62. The minimum absolute atomic E-state index is 0.0745. The fourth-order valence-electron chi connectivity index (χ4n) is 1.48. The van der Waals surface area contributed by atoms with Gasteiger partial charge in [-0.1, -0.05) is 40.9 Å². The number of hydrogen-bond acceptors (Lipinski definition) is 2. The molecule has 0 spiro atoms. The molecule has 0 amide bonds. The number of carbonyl (C=O) groups is 1. The molecule has 0 saturated heterocycles. The van der Waals surface area contributed by atoms with Gasteiger partial charge in [-0.15, -0.1) is 0 Å². The van der Waals surface area contributed by atoms with Crippen LogP contribution in [0.15, 0.2) is 30.3 Å². The van der Waals surface area contributed by atoms with Crippen LogP contribution in [0.25, 0.3) is 11.3 Å². The Bertz CT molecular complexity index is 605. The predicted octanol–water partition coefficient (Wildman–Crippen LogP) is 4.41. The summed E-state index contributed by atoms with van der Waals surface area (Å²) in [6, 6.07) is 7.66. The highest BCUT2D eigenvalue weighted by molar-refractivity contribution is 6.41. The Kier molecular flexibility index (Phi) is 3.76. The molecule has 1 aromatic carbocycles. The second-order valence-corrected chi connectivity index (χ2v) is 4.71. The van der Waals surface area contributed by atoms with E-state index in [9.17, 15) is 4.79 Å². The summed E-state index contributed by atoms with van der Waals surface area (Å²) in [7, 11) is 0. The summed E-state index contributed by atoms with van der Waals surface area (Å²) in [4.78, 5) is 14.8. The summed E-state index contributed by atoms with van der Waals surface area (Å²) in [6.07, 6.45) is 0. The molecule has 0 bridgehead atoms. The number of rotatable bonds is 2. The maximum atomic E-state index is 10.9. The van der Waals surface area contributed by atoms with E-state index in [1.807, 2.05) is 0 Å². The van der Waals surface area contributed by atoms with Gasteiger partial charge < -0.3 is 5.11 Å². The van der Waals surface area contributed by atoms with Gasteiger partial charge in [-0.05, 0) is 24.3 Å². The number of carboxylic acids is 1. The van der Waals surface area contributed by atoms with Gasteiger partial charge in [0.1, 0.15) is 5.69 Å². The van der Waals surface area contributed by atoms with E-state index in [1.54, 1.807) is 12.1 Å². The normalized spacial score (nSPS) is 10.4. The van der Waals surface area contributed by atoms with Gasteiger partial charge in [-0.25, -0.2) is 9.78 Å². The molecule has 92 valence electrons. The Hall–Kier alpha value is -1.29. The van der Waals surface area contributed by atoms with E-state index in [-0.39, 0.29) is 5.69 Å². The molecule has 0 aliphatic carbocycles. The molecule has 0 fully saturated rings. The lowest BCUT2D eigenvalue weighted by atomic mass is 10.1. The summed E-state index contributed by atoms with van der Waals surface area (Å²) in [5, 5.41) is 9.94. The average molecular weight is 303 g/mol. The van der Waals surface area contributed by atoms with Gasteiger partial charge in [0, 0.05) is 10.6 Å². The maximum absolute atomic E-state index is 10.9. The number of aromatic nitrogens is 1. The number of pyridine rings is 1. The lowest BCUT2D eigenvalue weighted by Gasteiger charge is -2.07. The van der Waals surface area contributed by atoms with E-state index >= 15 is 0 Å². The fraction of sp³-hybridized carbons (Fsp3) is 0. The average Bonchev–Trinajstić information content (AvgIpc) is 2.28. The van der Waals surface area contributed by atoms with Gasteiger partial charge in [-0.2, -0.15) is 0 Å².